The molecule has 0 radical (unpaired) electrons. The number of amides is 1. The van der Waals surface area contributed by atoms with E-state index in [1.807, 2.05) is 21.0 Å². The molecule has 1 unspecified atom stereocenters. The van der Waals surface area contributed by atoms with E-state index >= 15 is 0 Å². The first kappa shape index (κ1) is 25.6. The van der Waals surface area contributed by atoms with Crippen molar-refractivity contribution in [1.82, 2.24) is 4.90 Å². The molecule has 1 aromatic heterocycles. The van der Waals surface area contributed by atoms with Crippen molar-refractivity contribution in [3.8, 4) is 0 Å². The van der Waals surface area contributed by atoms with E-state index in [-0.39, 0.29) is 22.8 Å². The Balaban J connectivity index is 2.40. The Kier molecular flexibility index (Phi) is 8.15. The number of aryl methyl sites for hydroxylation is 3. The summed E-state index contributed by atoms with van der Waals surface area (Å²) in [5.41, 5.74) is 4.79. The van der Waals surface area contributed by atoms with Crippen molar-refractivity contribution in [2.75, 3.05) is 14.1 Å². The van der Waals surface area contributed by atoms with Gasteiger partial charge in [-0.25, -0.2) is 0 Å². The fraction of sp³-hybridized carbons (Fsp3) is 0.593. The average Bonchev–Trinajstić information content (AvgIpc) is 3.08. The van der Waals surface area contributed by atoms with Crippen LogP contribution in [-0.2, 0) is 11.8 Å². The maximum Gasteiger partial charge on any atom is 0.263 e. The van der Waals surface area contributed by atoms with Gasteiger partial charge in [-0.1, -0.05) is 52.8 Å². The number of carbonyl (C=O) groups is 1. The Morgan fingerprint density at radius 2 is 1.68 bits per heavy atom. The zero-order chi connectivity index (χ0) is 23.6. The second kappa shape index (κ2) is 9.87. The van der Waals surface area contributed by atoms with Crippen LogP contribution in [0.5, 0.6) is 0 Å². The molecule has 1 N–H and O–H groups in total. The molecule has 2 aromatic rings. The van der Waals surface area contributed by atoms with Gasteiger partial charge in [0.1, 0.15) is 0 Å². The van der Waals surface area contributed by atoms with Gasteiger partial charge >= 0.3 is 0 Å². The number of hydrogen-bond acceptors (Lipinski definition) is 3. The fourth-order valence-corrected chi connectivity index (χ4v) is 5.83. The highest BCUT2D eigenvalue weighted by atomic mass is 32.1. The van der Waals surface area contributed by atoms with Gasteiger partial charge in [0.25, 0.3) is 5.91 Å². The first-order chi connectivity index (χ1) is 14.4. The predicted octanol–water partition coefficient (Wildman–Crippen LogP) is 6.51. The van der Waals surface area contributed by atoms with E-state index in [9.17, 15) is 9.90 Å². The zero-order valence-corrected chi connectivity index (χ0v) is 21.7. The molecular formula is C27H41NO2S. The summed E-state index contributed by atoms with van der Waals surface area (Å²) in [6.07, 6.45) is 3.33. The molecule has 31 heavy (non-hydrogen) atoms. The van der Waals surface area contributed by atoms with Crippen LogP contribution in [0.3, 0.4) is 0 Å². The Bertz CT molecular complexity index is 900. The van der Waals surface area contributed by atoms with E-state index in [1.54, 1.807) is 16.2 Å². The monoisotopic (exact) mass is 443 g/mol. The lowest BCUT2D eigenvalue weighted by molar-refractivity contribution is 0.0559. The third-order valence-corrected chi connectivity index (χ3v) is 8.21. The van der Waals surface area contributed by atoms with Crippen molar-refractivity contribution < 1.29 is 9.90 Å². The highest BCUT2D eigenvalue weighted by molar-refractivity contribution is 7.14. The summed E-state index contributed by atoms with van der Waals surface area (Å²) in [5.74, 6) is 0.0822. The molecule has 0 spiro atoms. The first-order valence-corrected chi connectivity index (χ1v) is 12.3. The van der Waals surface area contributed by atoms with Gasteiger partial charge in [0.2, 0.25) is 0 Å². The molecule has 1 amide bonds. The maximum atomic E-state index is 12.6. The van der Waals surface area contributed by atoms with Crippen LogP contribution in [0.15, 0.2) is 24.3 Å². The quantitative estimate of drug-likeness (QED) is 0.505. The van der Waals surface area contributed by atoms with E-state index in [0.717, 1.165) is 36.1 Å². The molecular weight excluding hydrogens is 402 g/mol. The van der Waals surface area contributed by atoms with Crippen LogP contribution in [0.4, 0.5) is 0 Å². The number of aliphatic hydroxyl groups excluding tert-OH is 1. The molecule has 0 saturated carbocycles. The van der Waals surface area contributed by atoms with Crippen molar-refractivity contribution >= 4 is 17.2 Å². The minimum Gasteiger partial charge on any atom is -0.393 e. The minimum atomic E-state index is -0.307. The van der Waals surface area contributed by atoms with E-state index in [1.165, 1.54) is 21.6 Å². The molecule has 1 heterocycles. The minimum absolute atomic E-state index is 0.0822. The Labute approximate surface area is 193 Å². The van der Waals surface area contributed by atoms with E-state index in [4.69, 9.17) is 0 Å². The molecule has 3 nitrogen and oxygen atoms in total. The second-order valence-corrected chi connectivity index (χ2v) is 11.2. The number of aliphatic hydroxyl groups is 1. The van der Waals surface area contributed by atoms with Gasteiger partial charge in [0, 0.05) is 24.4 Å². The molecule has 4 heteroatoms. The summed E-state index contributed by atoms with van der Waals surface area (Å²) >= 11 is 1.65. The molecule has 1 aromatic carbocycles. The third-order valence-electron chi connectivity index (χ3n) is 6.78. The van der Waals surface area contributed by atoms with E-state index in [2.05, 4.69) is 65.8 Å². The molecule has 0 aliphatic rings. The van der Waals surface area contributed by atoms with Crippen LogP contribution >= 0.6 is 11.3 Å². The van der Waals surface area contributed by atoms with Gasteiger partial charge in [0.05, 0.1) is 11.0 Å². The summed E-state index contributed by atoms with van der Waals surface area (Å²) in [6.45, 7) is 15.0. The van der Waals surface area contributed by atoms with Gasteiger partial charge in [-0.3, -0.25) is 4.79 Å². The standard InChI is InChI=1S/C27H41NO2S/c1-10-27(11-2,23-17-19(4)24(31-23)25(30)28(8)9)21-14-12-20(18(3)16-21)13-15-22(29)26(5,6)7/h12,14,16-17,22,29H,10-11,13,15H2,1-9H3. The lowest BCUT2D eigenvalue weighted by Gasteiger charge is -2.32. The number of rotatable bonds is 8. The molecule has 0 saturated heterocycles. The van der Waals surface area contributed by atoms with Crippen LogP contribution in [0.2, 0.25) is 0 Å². The molecule has 0 aliphatic heterocycles. The van der Waals surface area contributed by atoms with Crippen LogP contribution in [0, 0.1) is 19.3 Å². The summed E-state index contributed by atoms with van der Waals surface area (Å²) in [7, 11) is 3.62. The number of hydrogen-bond donors (Lipinski definition) is 1. The summed E-state index contributed by atoms with van der Waals surface area (Å²) < 4.78 is 0. The van der Waals surface area contributed by atoms with Crippen molar-refractivity contribution in [2.24, 2.45) is 5.41 Å². The summed E-state index contributed by atoms with van der Waals surface area (Å²) in [6, 6.07) is 9.05. The largest absolute Gasteiger partial charge is 0.393 e. The number of nitrogens with zero attached hydrogens (tertiary/aromatic N) is 1. The van der Waals surface area contributed by atoms with Crippen LogP contribution < -0.4 is 0 Å². The smallest absolute Gasteiger partial charge is 0.263 e. The topological polar surface area (TPSA) is 40.5 Å². The fourth-order valence-electron chi connectivity index (χ4n) is 4.28. The molecule has 0 fully saturated rings. The summed E-state index contributed by atoms with van der Waals surface area (Å²) in [5, 5.41) is 10.4. The van der Waals surface area contributed by atoms with E-state index in [0.29, 0.717) is 0 Å². The maximum absolute atomic E-state index is 12.6. The van der Waals surface area contributed by atoms with Gasteiger partial charge in [-0.2, -0.15) is 0 Å². The normalized spacial score (nSPS) is 13.4. The molecule has 0 bridgehead atoms. The van der Waals surface area contributed by atoms with Gasteiger partial charge in [-0.15, -0.1) is 11.3 Å². The predicted molar refractivity (Wildman–Crippen MR) is 133 cm³/mol. The van der Waals surface area contributed by atoms with Crippen molar-refractivity contribution in [3.63, 3.8) is 0 Å². The van der Waals surface area contributed by atoms with Crippen molar-refractivity contribution in [3.05, 3.63) is 56.3 Å². The average molecular weight is 444 g/mol. The van der Waals surface area contributed by atoms with Crippen molar-refractivity contribution in [2.45, 2.75) is 85.7 Å². The van der Waals surface area contributed by atoms with Crippen LogP contribution in [-0.4, -0.2) is 36.1 Å². The van der Waals surface area contributed by atoms with Gasteiger partial charge < -0.3 is 10.0 Å². The molecule has 2 rings (SSSR count). The SMILES string of the molecule is CCC(CC)(c1ccc(CCC(O)C(C)(C)C)c(C)c1)c1cc(C)c(C(=O)N(C)C)s1. The Hall–Kier alpha value is -1.65. The molecule has 0 aliphatic carbocycles. The second-order valence-electron chi connectivity index (χ2n) is 10.2. The first-order valence-electron chi connectivity index (χ1n) is 11.5. The third kappa shape index (κ3) is 5.40. The van der Waals surface area contributed by atoms with Gasteiger partial charge in [-0.05, 0) is 73.3 Å². The zero-order valence-electron chi connectivity index (χ0n) is 20.9. The van der Waals surface area contributed by atoms with Crippen LogP contribution in [0.1, 0.15) is 90.7 Å². The highest BCUT2D eigenvalue weighted by Gasteiger charge is 2.34. The highest BCUT2D eigenvalue weighted by Crippen LogP contribution is 2.44. The number of benzene rings is 1. The molecule has 172 valence electrons. The van der Waals surface area contributed by atoms with E-state index < -0.39 is 0 Å². The number of carbonyl (C=O) groups excluding carboxylic acids is 1. The lowest BCUT2D eigenvalue weighted by atomic mass is 9.73. The lowest BCUT2D eigenvalue weighted by Crippen LogP contribution is -2.27. The van der Waals surface area contributed by atoms with Crippen LogP contribution in [0.25, 0.3) is 0 Å². The number of thiophene rings is 1. The van der Waals surface area contributed by atoms with Gasteiger partial charge in [0.15, 0.2) is 0 Å². The van der Waals surface area contributed by atoms with Crippen molar-refractivity contribution in [1.29, 1.82) is 0 Å². The molecule has 1 atom stereocenters. The Morgan fingerprint density at radius 3 is 2.16 bits per heavy atom. The Morgan fingerprint density at radius 1 is 1.06 bits per heavy atom. The summed E-state index contributed by atoms with van der Waals surface area (Å²) in [4.78, 5) is 16.4.